The second kappa shape index (κ2) is 3.14. The average Bonchev–Trinajstić information content (AvgIpc) is 2.43. The topological polar surface area (TPSA) is 21.3 Å². The van der Waals surface area contributed by atoms with E-state index in [2.05, 4.69) is 31.3 Å². The third-order valence-corrected chi connectivity index (χ3v) is 3.13. The van der Waals surface area contributed by atoms with E-state index in [0.717, 1.165) is 11.4 Å². The van der Waals surface area contributed by atoms with Crippen molar-refractivity contribution in [3.05, 3.63) is 17.7 Å². The van der Waals surface area contributed by atoms with E-state index >= 15 is 0 Å². The van der Waals surface area contributed by atoms with Gasteiger partial charge in [0, 0.05) is 4.90 Å². The Morgan fingerprint density at radius 3 is 2.92 bits per heavy atom. The summed E-state index contributed by atoms with van der Waals surface area (Å²) in [5.74, 6) is 0.951. The van der Waals surface area contributed by atoms with Gasteiger partial charge in [-0.05, 0) is 31.5 Å². The van der Waals surface area contributed by atoms with Gasteiger partial charge < -0.3 is 10.1 Å². The molecule has 0 radical (unpaired) electrons. The van der Waals surface area contributed by atoms with Gasteiger partial charge in [-0.1, -0.05) is 11.8 Å². The third-order valence-electron chi connectivity index (χ3n) is 2.08. The zero-order valence-corrected chi connectivity index (χ0v) is 8.87. The number of hydrogen-bond acceptors (Lipinski definition) is 3. The van der Waals surface area contributed by atoms with Gasteiger partial charge in [-0.15, -0.1) is 0 Å². The van der Waals surface area contributed by atoms with E-state index in [4.69, 9.17) is 4.74 Å². The van der Waals surface area contributed by atoms with Crippen LogP contribution in [0.3, 0.4) is 0 Å². The average molecular weight is 195 g/mol. The summed E-state index contributed by atoms with van der Waals surface area (Å²) < 4.78 is 5.31. The van der Waals surface area contributed by atoms with Crippen molar-refractivity contribution in [2.24, 2.45) is 0 Å². The Balaban J connectivity index is 2.50. The van der Waals surface area contributed by atoms with E-state index in [0.29, 0.717) is 5.37 Å². The monoisotopic (exact) mass is 195 g/mol. The predicted octanol–water partition coefficient (Wildman–Crippen LogP) is 2.87. The molecule has 1 aromatic rings. The van der Waals surface area contributed by atoms with E-state index in [9.17, 15) is 0 Å². The minimum Gasteiger partial charge on any atom is -0.495 e. The summed E-state index contributed by atoms with van der Waals surface area (Å²) in [5, 5.41) is 3.83. The maximum atomic E-state index is 5.31. The van der Waals surface area contributed by atoms with E-state index in [1.807, 2.05) is 11.8 Å². The summed E-state index contributed by atoms with van der Waals surface area (Å²) in [6, 6.07) is 4.25. The first kappa shape index (κ1) is 8.75. The summed E-state index contributed by atoms with van der Waals surface area (Å²) in [7, 11) is 1.71. The second-order valence-electron chi connectivity index (χ2n) is 3.24. The lowest BCUT2D eigenvalue weighted by molar-refractivity contribution is 0.415. The van der Waals surface area contributed by atoms with Crippen LogP contribution in [0.15, 0.2) is 17.0 Å². The van der Waals surface area contributed by atoms with E-state index in [1.165, 1.54) is 10.5 Å². The molecule has 1 aliphatic heterocycles. The largest absolute Gasteiger partial charge is 0.495 e. The predicted molar refractivity (Wildman–Crippen MR) is 56.7 cm³/mol. The lowest BCUT2D eigenvalue weighted by atomic mass is 10.2. The molecule has 0 fully saturated rings. The molecule has 0 saturated heterocycles. The molecule has 1 unspecified atom stereocenters. The highest BCUT2D eigenvalue weighted by molar-refractivity contribution is 8.00. The fourth-order valence-electron chi connectivity index (χ4n) is 1.54. The van der Waals surface area contributed by atoms with Crippen molar-refractivity contribution in [3.8, 4) is 5.75 Å². The summed E-state index contributed by atoms with van der Waals surface area (Å²) in [5.41, 5.74) is 2.39. The van der Waals surface area contributed by atoms with Gasteiger partial charge in [0.15, 0.2) is 0 Å². The number of aryl methyl sites for hydroxylation is 1. The van der Waals surface area contributed by atoms with Gasteiger partial charge in [-0.25, -0.2) is 0 Å². The molecule has 70 valence electrons. The van der Waals surface area contributed by atoms with Gasteiger partial charge in [0.05, 0.1) is 18.2 Å². The molecule has 0 spiro atoms. The van der Waals surface area contributed by atoms with Crippen LogP contribution in [0.4, 0.5) is 5.69 Å². The molecule has 1 N–H and O–H groups in total. The number of rotatable bonds is 1. The standard InChI is InChI=1S/C10H13NOS/c1-6-4-8(12-3)10-9(5-6)13-7(2)11-10/h4-5,7,11H,1-3H3. The minimum atomic E-state index is 0.450. The minimum absolute atomic E-state index is 0.450. The van der Waals surface area contributed by atoms with Gasteiger partial charge in [-0.2, -0.15) is 0 Å². The Morgan fingerprint density at radius 2 is 2.23 bits per heavy atom. The molecule has 1 heterocycles. The Kier molecular flexibility index (Phi) is 2.12. The van der Waals surface area contributed by atoms with Crippen LogP contribution in [0.25, 0.3) is 0 Å². The van der Waals surface area contributed by atoms with Gasteiger partial charge in [0.25, 0.3) is 0 Å². The van der Waals surface area contributed by atoms with Crippen molar-refractivity contribution in [3.63, 3.8) is 0 Å². The molecule has 1 aromatic carbocycles. The maximum Gasteiger partial charge on any atom is 0.143 e. The summed E-state index contributed by atoms with van der Waals surface area (Å²) in [6.45, 7) is 4.24. The Bertz CT molecular complexity index is 338. The lowest BCUT2D eigenvalue weighted by Gasteiger charge is -2.08. The Hall–Kier alpha value is -0.830. The van der Waals surface area contributed by atoms with Crippen LogP contribution in [0.1, 0.15) is 12.5 Å². The van der Waals surface area contributed by atoms with Crippen molar-refractivity contribution in [1.82, 2.24) is 0 Å². The van der Waals surface area contributed by atoms with Crippen molar-refractivity contribution in [2.75, 3.05) is 12.4 Å². The second-order valence-corrected chi connectivity index (χ2v) is 4.63. The molecule has 0 aliphatic carbocycles. The van der Waals surface area contributed by atoms with Crippen molar-refractivity contribution in [2.45, 2.75) is 24.1 Å². The number of fused-ring (bicyclic) bond motifs is 1. The quantitative estimate of drug-likeness (QED) is 0.744. The molecule has 0 saturated carbocycles. The molecule has 0 aromatic heterocycles. The van der Waals surface area contributed by atoms with E-state index in [1.54, 1.807) is 7.11 Å². The highest BCUT2D eigenvalue weighted by Crippen LogP contribution is 2.44. The van der Waals surface area contributed by atoms with Gasteiger partial charge in [-0.3, -0.25) is 0 Å². The fraction of sp³-hybridized carbons (Fsp3) is 0.400. The molecule has 0 amide bonds. The molecule has 1 atom stereocenters. The van der Waals surface area contributed by atoms with E-state index in [-0.39, 0.29) is 0 Å². The number of hydrogen-bond donors (Lipinski definition) is 1. The molecule has 13 heavy (non-hydrogen) atoms. The molecule has 3 heteroatoms. The van der Waals surface area contributed by atoms with Gasteiger partial charge >= 0.3 is 0 Å². The van der Waals surface area contributed by atoms with Crippen LogP contribution >= 0.6 is 11.8 Å². The van der Waals surface area contributed by atoms with Crippen LogP contribution in [-0.2, 0) is 0 Å². The Morgan fingerprint density at radius 1 is 1.46 bits per heavy atom. The zero-order valence-electron chi connectivity index (χ0n) is 8.05. The first-order valence-electron chi connectivity index (χ1n) is 4.32. The number of benzene rings is 1. The van der Waals surface area contributed by atoms with Crippen molar-refractivity contribution < 1.29 is 4.74 Å². The third kappa shape index (κ3) is 1.48. The van der Waals surface area contributed by atoms with Crippen LogP contribution in [0.2, 0.25) is 0 Å². The van der Waals surface area contributed by atoms with Crippen molar-refractivity contribution >= 4 is 17.4 Å². The van der Waals surface area contributed by atoms with Crippen LogP contribution < -0.4 is 10.1 Å². The number of ether oxygens (including phenoxy) is 1. The number of nitrogens with one attached hydrogen (secondary N) is 1. The summed E-state index contributed by atoms with van der Waals surface area (Å²) in [4.78, 5) is 1.30. The smallest absolute Gasteiger partial charge is 0.143 e. The van der Waals surface area contributed by atoms with E-state index < -0.39 is 0 Å². The van der Waals surface area contributed by atoms with Gasteiger partial charge in [0.2, 0.25) is 0 Å². The van der Waals surface area contributed by atoms with Crippen LogP contribution in [-0.4, -0.2) is 12.5 Å². The first-order chi connectivity index (χ1) is 6.20. The molecule has 1 aliphatic rings. The Labute approximate surface area is 82.7 Å². The summed E-state index contributed by atoms with van der Waals surface area (Å²) in [6.07, 6.45) is 0. The SMILES string of the molecule is COc1cc(C)cc2c1NC(C)S2. The van der Waals surface area contributed by atoms with Crippen molar-refractivity contribution in [1.29, 1.82) is 0 Å². The maximum absolute atomic E-state index is 5.31. The highest BCUT2D eigenvalue weighted by Gasteiger charge is 2.21. The van der Waals surface area contributed by atoms with Gasteiger partial charge in [0.1, 0.15) is 5.75 Å². The van der Waals surface area contributed by atoms with Crippen LogP contribution in [0.5, 0.6) is 5.75 Å². The highest BCUT2D eigenvalue weighted by atomic mass is 32.2. The molecular weight excluding hydrogens is 182 g/mol. The number of methoxy groups -OCH3 is 1. The molecule has 2 nitrogen and oxygen atoms in total. The first-order valence-corrected chi connectivity index (χ1v) is 5.20. The normalized spacial score (nSPS) is 19.5. The number of anilines is 1. The fourth-order valence-corrected chi connectivity index (χ4v) is 2.63. The lowest BCUT2D eigenvalue weighted by Crippen LogP contribution is -2.03. The zero-order chi connectivity index (χ0) is 9.42. The summed E-state index contributed by atoms with van der Waals surface area (Å²) >= 11 is 1.84. The van der Waals surface area contributed by atoms with Crippen LogP contribution in [0, 0.1) is 6.92 Å². The molecular formula is C10H13NOS. The molecule has 2 rings (SSSR count). The number of thioether (sulfide) groups is 1. The molecule has 0 bridgehead atoms.